The van der Waals surface area contributed by atoms with Gasteiger partial charge in [-0.3, -0.25) is 14.9 Å². The standard InChI is InChI=1S/C21H22ClN3O7S/c1-31-19-13-15(12-18(22)21(19)32-2)6-7-20(26)23-8-10-24(11-9-23)33(29,30)17-5-3-4-16(14-17)25(27)28/h3-7,12-14H,8-11H2,1-2H3/b7-6+. The lowest BCUT2D eigenvalue weighted by molar-refractivity contribution is -0.385. The number of nitro groups is 1. The maximum absolute atomic E-state index is 12.8. The molecule has 2 aromatic carbocycles. The predicted molar refractivity (Wildman–Crippen MR) is 122 cm³/mol. The zero-order valence-electron chi connectivity index (χ0n) is 17.9. The molecule has 0 N–H and O–H groups in total. The summed E-state index contributed by atoms with van der Waals surface area (Å²) in [6.45, 7) is 0.521. The molecule has 1 amide bonds. The Morgan fingerprint density at radius 1 is 1.12 bits per heavy atom. The first kappa shape index (κ1) is 24.5. The van der Waals surface area contributed by atoms with Crippen LogP contribution in [0.3, 0.4) is 0 Å². The van der Waals surface area contributed by atoms with Crippen molar-refractivity contribution in [2.75, 3.05) is 40.4 Å². The minimum Gasteiger partial charge on any atom is -0.493 e. The van der Waals surface area contributed by atoms with E-state index in [1.54, 1.807) is 18.2 Å². The minimum absolute atomic E-state index is 0.0762. The Kier molecular flexibility index (Phi) is 7.57. The van der Waals surface area contributed by atoms with Gasteiger partial charge in [0.05, 0.1) is 29.1 Å². The van der Waals surface area contributed by atoms with E-state index in [4.69, 9.17) is 21.1 Å². The number of methoxy groups -OCH3 is 2. The fourth-order valence-electron chi connectivity index (χ4n) is 3.36. The highest BCUT2D eigenvalue weighted by Gasteiger charge is 2.30. The molecule has 2 aromatic rings. The average Bonchev–Trinajstić information content (AvgIpc) is 2.82. The fourth-order valence-corrected chi connectivity index (χ4v) is 5.12. The molecule has 0 aromatic heterocycles. The topological polar surface area (TPSA) is 119 Å². The molecule has 0 aliphatic carbocycles. The van der Waals surface area contributed by atoms with Crippen molar-refractivity contribution >= 4 is 39.3 Å². The van der Waals surface area contributed by atoms with Crippen LogP contribution in [-0.4, -0.2) is 68.9 Å². The van der Waals surface area contributed by atoms with Crippen LogP contribution in [0.2, 0.25) is 5.02 Å². The molecule has 176 valence electrons. The summed E-state index contributed by atoms with van der Waals surface area (Å²) in [7, 11) is -0.955. The van der Waals surface area contributed by atoms with Gasteiger partial charge in [-0.2, -0.15) is 4.31 Å². The van der Waals surface area contributed by atoms with E-state index >= 15 is 0 Å². The molecule has 0 radical (unpaired) electrons. The van der Waals surface area contributed by atoms with Crippen molar-refractivity contribution in [1.82, 2.24) is 9.21 Å². The smallest absolute Gasteiger partial charge is 0.270 e. The number of sulfonamides is 1. The van der Waals surface area contributed by atoms with Gasteiger partial charge in [-0.05, 0) is 29.8 Å². The largest absolute Gasteiger partial charge is 0.493 e. The average molecular weight is 496 g/mol. The van der Waals surface area contributed by atoms with Crippen molar-refractivity contribution in [3.63, 3.8) is 0 Å². The van der Waals surface area contributed by atoms with Crippen LogP contribution in [0.4, 0.5) is 5.69 Å². The number of halogens is 1. The van der Waals surface area contributed by atoms with Gasteiger partial charge in [0.2, 0.25) is 15.9 Å². The first-order valence-electron chi connectivity index (χ1n) is 9.80. The van der Waals surface area contributed by atoms with Crippen LogP contribution >= 0.6 is 11.6 Å². The second-order valence-electron chi connectivity index (χ2n) is 7.06. The molecule has 0 saturated carbocycles. The zero-order chi connectivity index (χ0) is 24.2. The Morgan fingerprint density at radius 3 is 2.42 bits per heavy atom. The molecular formula is C21H22ClN3O7S. The van der Waals surface area contributed by atoms with E-state index in [0.29, 0.717) is 22.1 Å². The van der Waals surface area contributed by atoms with Crippen molar-refractivity contribution < 1.29 is 27.6 Å². The monoisotopic (exact) mass is 495 g/mol. The molecule has 0 atom stereocenters. The molecule has 1 aliphatic rings. The highest BCUT2D eigenvalue weighted by Crippen LogP contribution is 2.36. The van der Waals surface area contributed by atoms with E-state index in [1.807, 2.05) is 0 Å². The van der Waals surface area contributed by atoms with Gasteiger partial charge in [-0.1, -0.05) is 17.7 Å². The maximum atomic E-state index is 12.8. The van der Waals surface area contributed by atoms with E-state index in [-0.39, 0.29) is 42.7 Å². The zero-order valence-corrected chi connectivity index (χ0v) is 19.5. The molecule has 1 aliphatic heterocycles. The van der Waals surface area contributed by atoms with Crippen molar-refractivity contribution in [2.45, 2.75) is 4.90 Å². The second-order valence-corrected chi connectivity index (χ2v) is 9.40. The van der Waals surface area contributed by atoms with E-state index in [2.05, 4.69) is 0 Å². The number of benzene rings is 2. The summed E-state index contributed by atoms with van der Waals surface area (Å²) in [5.41, 5.74) is 0.336. The number of hydrogen-bond acceptors (Lipinski definition) is 7. The quantitative estimate of drug-likeness (QED) is 0.329. The number of carbonyl (C=O) groups excluding carboxylic acids is 1. The Bertz CT molecular complexity index is 1190. The van der Waals surface area contributed by atoms with Crippen LogP contribution in [0, 0.1) is 10.1 Å². The highest BCUT2D eigenvalue weighted by atomic mass is 35.5. The van der Waals surface area contributed by atoms with Gasteiger partial charge in [-0.25, -0.2) is 8.42 Å². The van der Waals surface area contributed by atoms with Crippen molar-refractivity contribution in [2.24, 2.45) is 0 Å². The fraction of sp³-hybridized carbons (Fsp3) is 0.286. The molecule has 0 spiro atoms. The van der Waals surface area contributed by atoms with Crippen LogP contribution < -0.4 is 9.47 Å². The van der Waals surface area contributed by atoms with Gasteiger partial charge in [0.15, 0.2) is 11.5 Å². The number of carbonyl (C=O) groups is 1. The summed E-state index contributed by atoms with van der Waals surface area (Å²) in [5.74, 6) is 0.536. The van der Waals surface area contributed by atoms with Gasteiger partial charge in [-0.15, -0.1) is 0 Å². The third-order valence-electron chi connectivity index (χ3n) is 5.09. The van der Waals surface area contributed by atoms with E-state index in [9.17, 15) is 23.3 Å². The first-order valence-corrected chi connectivity index (χ1v) is 11.6. The van der Waals surface area contributed by atoms with Crippen molar-refractivity contribution in [1.29, 1.82) is 0 Å². The summed E-state index contributed by atoms with van der Waals surface area (Å²) in [4.78, 5) is 24.3. The molecule has 1 heterocycles. The van der Waals surface area contributed by atoms with Crippen LogP contribution in [0.15, 0.2) is 47.4 Å². The number of rotatable bonds is 7. The first-order chi connectivity index (χ1) is 15.7. The molecule has 1 saturated heterocycles. The third kappa shape index (κ3) is 5.44. The SMILES string of the molecule is COc1cc(/C=C/C(=O)N2CCN(S(=O)(=O)c3cccc([N+](=O)[O-])c3)CC2)cc(Cl)c1OC. The lowest BCUT2D eigenvalue weighted by atomic mass is 10.1. The van der Waals surface area contributed by atoms with Crippen LogP contribution in [0.1, 0.15) is 5.56 Å². The summed E-state index contributed by atoms with van der Waals surface area (Å²) in [5, 5.41) is 11.3. The molecule has 33 heavy (non-hydrogen) atoms. The number of nitro benzene ring substituents is 1. The van der Waals surface area contributed by atoms with Crippen LogP contribution in [0.25, 0.3) is 6.08 Å². The van der Waals surface area contributed by atoms with Crippen molar-refractivity contribution in [3.05, 3.63) is 63.2 Å². The van der Waals surface area contributed by atoms with E-state index < -0.39 is 14.9 Å². The van der Waals surface area contributed by atoms with Gasteiger partial charge in [0.1, 0.15) is 0 Å². The lowest BCUT2D eigenvalue weighted by Gasteiger charge is -2.33. The normalized spacial score (nSPS) is 14.9. The third-order valence-corrected chi connectivity index (χ3v) is 7.27. The van der Waals surface area contributed by atoms with Gasteiger partial charge in [0, 0.05) is 44.4 Å². The van der Waals surface area contributed by atoms with Crippen LogP contribution in [-0.2, 0) is 14.8 Å². The number of non-ortho nitro benzene ring substituents is 1. The van der Waals surface area contributed by atoms with Gasteiger partial charge in [0.25, 0.3) is 5.69 Å². The molecule has 0 bridgehead atoms. The Hall–Kier alpha value is -3.15. The summed E-state index contributed by atoms with van der Waals surface area (Å²) >= 11 is 6.18. The van der Waals surface area contributed by atoms with Crippen molar-refractivity contribution in [3.8, 4) is 11.5 Å². The lowest BCUT2D eigenvalue weighted by Crippen LogP contribution is -2.50. The summed E-state index contributed by atoms with van der Waals surface area (Å²) in [6, 6.07) is 8.22. The molecule has 12 heteroatoms. The molecule has 0 unspecified atom stereocenters. The Morgan fingerprint density at radius 2 is 1.82 bits per heavy atom. The molecule has 10 nitrogen and oxygen atoms in total. The molecular weight excluding hydrogens is 474 g/mol. The number of piperazine rings is 1. The second kappa shape index (κ2) is 10.2. The summed E-state index contributed by atoms with van der Waals surface area (Å²) < 4.78 is 37.3. The summed E-state index contributed by atoms with van der Waals surface area (Å²) in [6.07, 6.45) is 2.96. The number of nitrogens with zero attached hydrogens (tertiary/aromatic N) is 3. The minimum atomic E-state index is -3.91. The molecule has 3 rings (SSSR count). The Balaban J connectivity index is 1.66. The maximum Gasteiger partial charge on any atom is 0.270 e. The van der Waals surface area contributed by atoms with Gasteiger partial charge < -0.3 is 14.4 Å². The predicted octanol–water partition coefficient (Wildman–Crippen LogP) is 2.81. The number of ether oxygens (including phenoxy) is 2. The molecule has 1 fully saturated rings. The van der Waals surface area contributed by atoms with Gasteiger partial charge >= 0.3 is 0 Å². The van der Waals surface area contributed by atoms with E-state index in [0.717, 1.165) is 6.07 Å². The number of hydrogen-bond donors (Lipinski definition) is 0. The van der Waals surface area contributed by atoms with E-state index in [1.165, 1.54) is 47.7 Å². The number of amides is 1. The van der Waals surface area contributed by atoms with Crippen LogP contribution in [0.5, 0.6) is 11.5 Å². The highest BCUT2D eigenvalue weighted by molar-refractivity contribution is 7.89. The Labute approximate surface area is 196 Å².